The standard InChI is InChI=1S/C6H14N.Ac/c1-5(2)6(3)4-7;/h5-7H,4H2,1-3H3;/q-1;/t6-;/m0./s1. The van der Waals surface area contributed by atoms with Crippen molar-refractivity contribution in [2.45, 2.75) is 20.8 Å². The molecule has 0 aliphatic heterocycles. The number of rotatable bonds is 2. The second-order valence-corrected chi connectivity index (χ2v) is 2.43. The number of nitrogens with one attached hydrogen (secondary N) is 1. The molecule has 8 heavy (non-hydrogen) atoms. The minimum Gasteiger partial charge on any atom is -0.677 e. The Hall–Kier alpha value is 1.40. The van der Waals surface area contributed by atoms with Crippen LogP contribution in [0, 0.1) is 55.9 Å². The van der Waals surface area contributed by atoms with Gasteiger partial charge in [0.25, 0.3) is 0 Å². The third kappa shape index (κ3) is 5.54. The average molecular weight is 327 g/mol. The van der Waals surface area contributed by atoms with Crippen molar-refractivity contribution in [1.29, 1.82) is 0 Å². The Bertz CT molecular complexity index is 45.8. The summed E-state index contributed by atoms with van der Waals surface area (Å²) < 4.78 is 0. The van der Waals surface area contributed by atoms with Gasteiger partial charge in [0.15, 0.2) is 0 Å². The molecule has 2 heteroatoms. The Labute approximate surface area is 88.0 Å². The van der Waals surface area contributed by atoms with E-state index < -0.39 is 0 Å². The molecule has 0 aromatic heterocycles. The fourth-order valence-electron chi connectivity index (χ4n) is 0.236. The van der Waals surface area contributed by atoms with Crippen LogP contribution >= 0.6 is 0 Å². The quantitative estimate of drug-likeness (QED) is 0.743. The van der Waals surface area contributed by atoms with Gasteiger partial charge in [0.1, 0.15) is 0 Å². The first kappa shape index (κ1) is 12.1. The van der Waals surface area contributed by atoms with Crippen LogP contribution in [0.2, 0.25) is 0 Å². The van der Waals surface area contributed by atoms with Gasteiger partial charge in [-0.3, -0.25) is 0 Å². The van der Waals surface area contributed by atoms with Gasteiger partial charge in [-0.05, 0) is 5.92 Å². The maximum absolute atomic E-state index is 6.94. The molecule has 0 heterocycles. The van der Waals surface area contributed by atoms with Crippen LogP contribution in [0.3, 0.4) is 0 Å². The maximum Gasteiger partial charge on any atom is 0 e. The summed E-state index contributed by atoms with van der Waals surface area (Å²) in [6.45, 7) is 6.98. The van der Waals surface area contributed by atoms with Crippen LogP contribution in [0.25, 0.3) is 5.73 Å². The van der Waals surface area contributed by atoms with Crippen molar-refractivity contribution in [3.05, 3.63) is 5.73 Å². The van der Waals surface area contributed by atoms with Crippen molar-refractivity contribution in [1.82, 2.24) is 0 Å². The minimum atomic E-state index is 0. The summed E-state index contributed by atoms with van der Waals surface area (Å²) in [7, 11) is 0. The molecular formula is C6H14AcN-. The van der Waals surface area contributed by atoms with Gasteiger partial charge in [0.05, 0.1) is 0 Å². The zero-order chi connectivity index (χ0) is 5.86. The van der Waals surface area contributed by atoms with Crippen LogP contribution in [-0.2, 0) is 0 Å². The third-order valence-electron chi connectivity index (χ3n) is 1.46. The van der Waals surface area contributed by atoms with Gasteiger partial charge in [0.2, 0.25) is 0 Å². The molecule has 0 rings (SSSR count). The average Bonchev–Trinajstić information content (AvgIpc) is 1.65. The molecule has 1 nitrogen and oxygen atoms in total. The second-order valence-electron chi connectivity index (χ2n) is 2.43. The van der Waals surface area contributed by atoms with E-state index in [1.54, 1.807) is 0 Å². The first-order chi connectivity index (χ1) is 3.18. The molecule has 0 aliphatic carbocycles. The summed E-state index contributed by atoms with van der Waals surface area (Å²) in [5, 5.41) is 0. The van der Waals surface area contributed by atoms with Crippen molar-refractivity contribution in [2.75, 3.05) is 6.54 Å². The van der Waals surface area contributed by atoms with Gasteiger partial charge >= 0.3 is 0 Å². The van der Waals surface area contributed by atoms with E-state index in [2.05, 4.69) is 20.8 Å². The van der Waals surface area contributed by atoms with Crippen molar-refractivity contribution >= 4 is 0 Å². The van der Waals surface area contributed by atoms with E-state index in [1.807, 2.05) is 0 Å². The molecule has 0 bridgehead atoms. The van der Waals surface area contributed by atoms with Crippen LogP contribution in [0.15, 0.2) is 0 Å². The molecule has 0 aromatic rings. The Morgan fingerprint density at radius 1 is 1.25 bits per heavy atom. The maximum atomic E-state index is 6.94. The molecule has 1 atom stereocenters. The van der Waals surface area contributed by atoms with Crippen molar-refractivity contribution < 1.29 is 44.1 Å². The largest absolute Gasteiger partial charge is 0.677 e. The van der Waals surface area contributed by atoms with Crippen LogP contribution in [0.4, 0.5) is 0 Å². The van der Waals surface area contributed by atoms with Crippen LogP contribution in [0.1, 0.15) is 20.8 Å². The third-order valence-corrected chi connectivity index (χ3v) is 1.46. The van der Waals surface area contributed by atoms with Crippen LogP contribution in [-0.4, -0.2) is 6.54 Å². The summed E-state index contributed by atoms with van der Waals surface area (Å²) in [6.07, 6.45) is 0. The summed E-state index contributed by atoms with van der Waals surface area (Å²) in [4.78, 5) is 0. The molecule has 0 aliphatic rings. The summed E-state index contributed by atoms with van der Waals surface area (Å²) in [5.74, 6) is 1.25. The van der Waals surface area contributed by atoms with Crippen LogP contribution < -0.4 is 0 Å². The van der Waals surface area contributed by atoms with Crippen molar-refractivity contribution in [3.8, 4) is 0 Å². The Kier molecular flexibility index (Phi) is 9.87. The van der Waals surface area contributed by atoms with E-state index in [0.29, 0.717) is 18.4 Å². The topological polar surface area (TPSA) is 23.8 Å². The predicted octanol–water partition coefficient (Wildman–Crippen LogP) is 2.33. The first-order valence-electron chi connectivity index (χ1n) is 2.83. The summed E-state index contributed by atoms with van der Waals surface area (Å²) in [5.41, 5.74) is 6.94. The first-order valence-corrected chi connectivity index (χ1v) is 2.83. The molecule has 0 unspecified atom stereocenters. The van der Waals surface area contributed by atoms with Gasteiger partial charge in [-0.15, -0.1) is 6.54 Å². The van der Waals surface area contributed by atoms with E-state index in [1.165, 1.54) is 0 Å². The SMILES string of the molecule is CC(C)[C@@H](C)C[NH-].[Ac]. The van der Waals surface area contributed by atoms with Crippen LogP contribution in [0.5, 0.6) is 0 Å². The Morgan fingerprint density at radius 2 is 1.62 bits per heavy atom. The molecule has 0 saturated heterocycles. The van der Waals surface area contributed by atoms with Crippen molar-refractivity contribution in [2.24, 2.45) is 11.8 Å². The molecule has 1 N–H and O–H groups in total. The molecule has 0 spiro atoms. The van der Waals surface area contributed by atoms with E-state index in [9.17, 15) is 0 Å². The monoisotopic (exact) mass is 327 g/mol. The number of hydrogen-bond donors (Lipinski definition) is 0. The zero-order valence-corrected chi connectivity index (χ0v) is 10.7. The van der Waals surface area contributed by atoms with Gasteiger partial charge in [-0.1, -0.05) is 26.7 Å². The van der Waals surface area contributed by atoms with Gasteiger partial charge in [-0.2, -0.15) is 0 Å². The summed E-state index contributed by atoms with van der Waals surface area (Å²) in [6, 6.07) is 0. The van der Waals surface area contributed by atoms with Gasteiger partial charge < -0.3 is 5.73 Å². The second kappa shape index (κ2) is 6.52. The predicted molar refractivity (Wildman–Crippen MR) is 33.2 cm³/mol. The van der Waals surface area contributed by atoms with Crippen molar-refractivity contribution in [3.63, 3.8) is 0 Å². The Morgan fingerprint density at radius 3 is 1.62 bits per heavy atom. The smallest absolute Gasteiger partial charge is 0 e. The molecule has 47 valence electrons. The zero-order valence-electron chi connectivity index (χ0n) is 5.94. The molecule has 0 aromatic carbocycles. The van der Waals surface area contributed by atoms with E-state index in [0.717, 1.165) is 0 Å². The minimum absolute atomic E-state index is 0. The molecule has 0 saturated carbocycles. The number of hydrogen-bond acceptors (Lipinski definition) is 0. The van der Waals surface area contributed by atoms with E-state index >= 15 is 0 Å². The Balaban J connectivity index is 0. The summed E-state index contributed by atoms with van der Waals surface area (Å²) >= 11 is 0. The van der Waals surface area contributed by atoms with E-state index in [-0.39, 0.29) is 44.1 Å². The molecule has 0 fully saturated rings. The fourth-order valence-corrected chi connectivity index (χ4v) is 0.236. The molecule has 0 amide bonds. The molecular weight excluding hydrogens is 313 g/mol. The molecule has 1 radical (unpaired) electrons. The fraction of sp³-hybridized carbons (Fsp3) is 1.00. The van der Waals surface area contributed by atoms with Gasteiger partial charge in [0, 0.05) is 44.1 Å². The van der Waals surface area contributed by atoms with E-state index in [4.69, 9.17) is 5.73 Å². The van der Waals surface area contributed by atoms with Gasteiger partial charge in [-0.25, -0.2) is 0 Å². The normalized spacial score (nSPS) is 13.1.